The summed E-state index contributed by atoms with van der Waals surface area (Å²) in [5.41, 5.74) is 2.05. The van der Waals surface area contributed by atoms with Crippen LogP contribution in [0.2, 0.25) is 10.0 Å². The SMILES string of the molecule is Cc1cc(Br)c(NC(=O)c2ccc(Cl)cc2Br)cc1Cl. The molecule has 2 rings (SSSR count). The molecule has 0 saturated heterocycles. The van der Waals surface area contributed by atoms with E-state index in [1.807, 2.05) is 13.0 Å². The Morgan fingerprint density at radius 1 is 1.10 bits per heavy atom. The number of rotatable bonds is 2. The molecule has 0 bridgehead atoms. The summed E-state index contributed by atoms with van der Waals surface area (Å²) in [6.45, 7) is 1.90. The van der Waals surface area contributed by atoms with E-state index in [0.29, 0.717) is 25.8 Å². The van der Waals surface area contributed by atoms with Gasteiger partial charge < -0.3 is 5.32 Å². The van der Waals surface area contributed by atoms with Gasteiger partial charge in [0.2, 0.25) is 0 Å². The summed E-state index contributed by atoms with van der Waals surface area (Å²) in [7, 11) is 0. The first kappa shape index (κ1) is 15.8. The lowest BCUT2D eigenvalue weighted by molar-refractivity contribution is 0.102. The minimum Gasteiger partial charge on any atom is -0.321 e. The highest BCUT2D eigenvalue weighted by atomic mass is 79.9. The molecular formula is C14H9Br2Cl2NO. The lowest BCUT2D eigenvalue weighted by Gasteiger charge is -2.10. The maximum atomic E-state index is 12.2. The van der Waals surface area contributed by atoms with Crippen LogP contribution in [0.4, 0.5) is 5.69 Å². The molecule has 0 aliphatic heterocycles. The highest BCUT2D eigenvalue weighted by Gasteiger charge is 2.13. The van der Waals surface area contributed by atoms with Gasteiger partial charge in [0.05, 0.1) is 11.3 Å². The molecule has 0 aromatic heterocycles. The van der Waals surface area contributed by atoms with Crippen molar-refractivity contribution in [3.8, 4) is 0 Å². The molecule has 0 heterocycles. The van der Waals surface area contributed by atoms with E-state index >= 15 is 0 Å². The zero-order valence-electron chi connectivity index (χ0n) is 10.3. The van der Waals surface area contributed by atoms with Gasteiger partial charge in [-0.2, -0.15) is 0 Å². The average molecular weight is 438 g/mol. The number of anilines is 1. The maximum Gasteiger partial charge on any atom is 0.256 e. The molecule has 0 saturated carbocycles. The third-order valence-electron chi connectivity index (χ3n) is 2.67. The Kier molecular flexibility index (Phi) is 5.13. The van der Waals surface area contributed by atoms with Crippen molar-refractivity contribution in [1.29, 1.82) is 0 Å². The third-order valence-corrected chi connectivity index (χ3v) is 4.63. The Morgan fingerprint density at radius 2 is 1.80 bits per heavy atom. The molecule has 0 atom stereocenters. The van der Waals surface area contributed by atoms with Gasteiger partial charge in [0, 0.05) is 19.0 Å². The van der Waals surface area contributed by atoms with E-state index in [-0.39, 0.29) is 5.91 Å². The number of amides is 1. The fourth-order valence-corrected chi connectivity index (χ4v) is 3.19. The van der Waals surface area contributed by atoms with Gasteiger partial charge in [-0.25, -0.2) is 0 Å². The smallest absolute Gasteiger partial charge is 0.256 e. The summed E-state index contributed by atoms with van der Waals surface area (Å²) in [6.07, 6.45) is 0. The molecule has 20 heavy (non-hydrogen) atoms. The standard InChI is InChI=1S/C14H9Br2Cl2NO/c1-7-4-11(16)13(6-12(7)18)19-14(20)9-3-2-8(17)5-10(9)15/h2-6H,1H3,(H,19,20). The van der Waals surface area contributed by atoms with Crippen molar-refractivity contribution in [1.82, 2.24) is 0 Å². The fourth-order valence-electron chi connectivity index (χ4n) is 1.61. The van der Waals surface area contributed by atoms with E-state index in [2.05, 4.69) is 37.2 Å². The summed E-state index contributed by atoms with van der Waals surface area (Å²) < 4.78 is 1.41. The second-order valence-electron chi connectivity index (χ2n) is 4.16. The summed E-state index contributed by atoms with van der Waals surface area (Å²) in [5, 5.41) is 3.97. The molecule has 0 aliphatic carbocycles. The third kappa shape index (κ3) is 3.55. The van der Waals surface area contributed by atoms with Crippen molar-refractivity contribution in [3.05, 3.63) is 60.4 Å². The van der Waals surface area contributed by atoms with Crippen molar-refractivity contribution in [2.45, 2.75) is 6.92 Å². The summed E-state index contributed by atoms with van der Waals surface area (Å²) >= 11 is 18.7. The Bertz CT molecular complexity index is 689. The lowest BCUT2D eigenvalue weighted by atomic mass is 10.2. The topological polar surface area (TPSA) is 29.1 Å². The number of hydrogen-bond acceptors (Lipinski definition) is 1. The lowest BCUT2D eigenvalue weighted by Crippen LogP contribution is -2.13. The van der Waals surface area contributed by atoms with Crippen molar-refractivity contribution < 1.29 is 4.79 Å². The summed E-state index contributed by atoms with van der Waals surface area (Å²) in [4.78, 5) is 12.2. The van der Waals surface area contributed by atoms with E-state index in [4.69, 9.17) is 23.2 Å². The number of carbonyl (C=O) groups excluding carboxylic acids is 1. The molecule has 0 radical (unpaired) electrons. The number of aryl methyl sites for hydroxylation is 1. The first-order valence-electron chi connectivity index (χ1n) is 5.60. The van der Waals surface area contributed by atoms with Crippen LogP contribution in [0.3, 0.4) is 0 Å². The van der Waals surface area contributed by atoms with Crippen LogP contribution >= 0.6 is 55.1 Å². The first-order chi connectivity index (χ1) is 9.38. The molecule has 2 aromatic rings. The van der Waals surface area contributed by atoms with E-state index in [1.165, 1.54) is 0 Å². The van der Waals surface area contributed by atoms with Gasteiger partial charge in [-0.05, 0) is 74.7 Å². The second kappa shape index (κ2) is 6.48. The summed E-state index contributed by atoms with van der Waals surface area (Å²) in [5.74, 6) is -0.242. The second-order valence-corrected chi connectivity index (χ2v) is 6.71. The van der Waals surface area contributed by atoms with E-state index < -0.39 is 0 Å². The molecule has 0 spiro atoms. The maximum absolute atomic E-state index is 12.2. The van der Waals surface area contributed by atoms with Gasteiger partial charge in [0.1, 0.15) is 0 Å². The van der Waals surface area contributed by atoms with Crippen LogP contribution < -0.4 is 5.32 Å². The van der Waals surface area contributed by atoms with Crippen LogP contribution in [0.5, 0.6) is 0 Å². The molecule has 0 unspecified atom stereocenters. The number of benzene rings is 2. The van der Waals surface area contributed by atoms with Gasteiger partial charge >= 0.3 is 0 Å². The van der Waals surface area contributed by atoms with Crippen molar-refractivity contribution in [2.24, 2.45) is 0 Å². The molecule has 6 heteroatoms. The fraction of sp³-hybridized carbons (Fsp3) is 0.0714. The normalized spacial score (nSPS) is 10.4. The number of nitrogens with one attached hydrogen (secondary N) is 1. The molecule has 2 aromatic carbocycles. The number of hydrogen-bond donors (Lipinski definition) is 1. The Balaban J connectivity index is 2.30. The largest absolute Gasteiger partial charge is 0.321 e. The quantitative estimate of drug-likeness (QED) is 0.606. The van der Waals surface area contributed by atoms with Crippen LogP contribution in [-0.2, 0) is 0 Å². The van der Waals surface area contributed by atoms with E-state index in [9.17, 15) is 4.79 Å². The van der Waals surface area contributed by atoms with Crippen molar-refractivity contribution in [2.75, 3.05) is 5.32 Å². The molecule has 104 valence electrons. The highest BCUT2D eigenvalue weighted by molar-refractivity contribution is 9.11. The monoisotopic (exact) mass is 435 g/mol. The van der Waals surface area contributed by atoms with Gasteiger partial charge in [-0.3, -0.25) is 4.79 Å². The van der Waals surface area contributed by atoms with E-state index in [0.717, 1.165) is 10.0 Å². The predicted molar refractivity (Wildman–Crippen MR) is 91.0 cm³/mol. The average Bonchev–Trinajstić information content (AvgIpc) is 2.35. The summed E-state index contributed by atoms with van der Waals surface area (Å²) in [6, 6.07) is 8.56. The Hall–Kier alpha value is -0.550. The first-order valence-corrected chi connectivity index (χ1v) is 7.94. The van der Waals surface area contributed by atoms with Crippen LogP contribution in [0.1, 0.15) is 15.9 Å². The number of halogens is 4. The van der Waals surface area contributed by atoms with Crippen LogP contribution in [0.15, 0.2) is 39.3 Å². The predicted octanol–water partition coefficient (Wildman–Crippen LogP) is 6.08. The molecule has 2 nitrogen and oxygen atoms in total. The van der Waals surface area contributed by atoms with Crippen molar-refractivity contribution >= 4 is 66.7 Å². The molecular weight excluding hydrogens is 429 g/mol. The van der Waals surface area contributed by atoms with Gasteiger partial charge in [0.25, 0.3) is 5.91 Å². The minimum absolute atomic E-state index is 0.242. The van der Waals surface area contributed by atoms with Crippen LogP contribution in [0, 0.1) is 6.92 Å². The molecule has 1 amide bonds. The molecule has 1 N–H and O–H groups in total. The highest BCUT2D eigenvalue weighted by Crippen LogP contribution is 2.30. The molecule has 0 aliphatic rings. The number of carbonyl (C=O) groups is 1. The Morgan fingerprint density at radius 3 is 2.45 bits per heavy atom. The molecule has 0 fully saturated rings. The van der Waals surface area contributed by atoms with Gasteiger partial charge in [-0.15, -0.1) is 0 Å². The van der Waals surface area contributed by atoms with Gasteiger partial charge in [0.15, 0.2) is 0 Å². The van der Waals surface area contributed by atoms with E-state index in [1.54, 1.807) is 24.3 Å². The van der Waals surface area contributed by atoms with Crippen LogP contribution in [-0.4, -0.2) is 5.91 Å². The Labute approximate surface area is 143 Å². The zero-order valence-corrected chi connectivity index (χ0v) is 15.0. The van der Waals surface area contributed by atoms with Gasteiger partial charge in [-0.1, -0.05) is 23.2 Å². The minimum atomic E-state index is -0.242. The zero-order chi connectivity index (χ0) is 14.9. The van der Waals surface area contributed by atoms with Crippen molar-refractivity contribution in [3.63, 3.8) is 0 Å². The van der Waals surface area contributed by atoms with Crippen LogP contribution in [0.25, 0.3) is 0 Å².